The molecule has 2 heterocycles. The Kier molecular flexibility index (Phi) is 5.28. The van der Waals surface area contributed by atoms with Gasteiger partial charge in [-0.05, 0) is 31.0 Å². The number of aromatic nitrogens is 2. The molecule has 1 fully saturated rings. The van der Waals surface area contributed by atoms with Crippen LogP contribution >= 0.6 is 0 Å². The Morgan fingerprint density at radius 1 is 1.22 bits per heavy atom. The first-order chi connectivity index (χ1) is 12.6. The van der Waals surface area contributed by atoms with Gasteiger partial charge >= 0.3 is 0 Å². The van der Waals surface area contributed by atoms with E-state index in [0.717, 1.165) is 30.4 Å². The number of rotatable bonds is 5. The number of hydrogen-bond acceptors (Lipinski definition) is 5. The Morgan fingerprint density at radius 2 is 1.96 bits per heavy atom. The largest absolute Gasteiger partial charge is 0.284 e. The fourth-order valence-corrected chi connectivity index (χ4v) is 5.54. The third-order valence-electron chi connectivity index (χ3n) is 4.39. The number of aryl methyl sites for hydroxylation is 1. The Morgan fingerprint density at radius 3 is 2.56 bits per heavy atom. The van der Waals surface area contributed by atoms with E-state index in [-0.39, 0.29) is 12.2 Å². The van der Waals surface area contributed by atoms with Crippen molar-refractivity contribution in [2.75, 3.05) is 17.5 Å². The summed E-state index contributed by atoms with van der Waals surface area (Å²) >= 11 is 0. The molecule has 1 aliphatic rings. The smallest absolute Gasteiger partial charge is 0.246 e. The van der Waals surface area contributed by atoms with E-state index in [1.54, 1.807) is 24.1 Å². The van der Waals surface area contributed by atoms with Crippen molar-refractivity contribution in [1.82, 2.24) is 14.1 Å². The second-order valence-corrected chi connectivity index (χ2v) is 10.2. The summed E-state index contributed by atoms with van der Waals surface area (Å²) in [6, 6.07) is 2.79. The summed E-state index contributed by atoms with van der Waals surface area (Å²) in [5, 5.41) is 4.10. The van der Waals surface area contributed by atoms with E-state index in [2.05, 4.69) is 9.82 Å². The molecule has 1 N–H and O–H groups in total. The van der Waals surface area contributed by atoms with Crippen molar-refractivity contribution in [3.8, 4) is 0 Å². The maximum Gasteiger partial charge on any atom is 0.246 e. The van der Waals surface area contributed by atoms with E-state index in [0.29, 0.717) is 12.8 Å². The average molecular weight is 417 g/mol. The maximum absolute atomic E-state index is 14.6. The van der Waals surface area contributed by atoms with Crippen molar-refractivity contribution in [3.63, 3.8) is 0 Å². The molecule has 0 aliphatic carbocycles. The summed E-state index contributed by atoms with van der Waals surface area (Å²) in [7, 11) is -5.94. The molecule has 0 bridgehead atoms. The number of nitrogens with one attached hydrogen (secondary N) is 1. The van der Waals surface area contributed by atoms with Crippen molar-refractivity contribution >= 4 is 25.7 Å². The molecule has 0 amide bonds. The molecule has 11 heteroatoms. The SMILES string of the molecule is Cn1cc(C2CCCCN2S(=O)(=O)c2ccc(NS(C)(=O)=O)cc2F)cn1. The van der Waals surface area contributed by atoms with Gasteiger partial charge in [0.05, 0.1) is 24.2 Å². The van der Waals surface area contributed by atoms with Crippen LogP contribution in [-0.2, 0) is 27.1 Å². The minimum Gasteiger partial charge on any atom is -0.284 e. The predicted molar refractivity (Wildman–Crippen MR) is 98.6 cm³/mol. The van der Waals surface area contributed by atoms with Crippen LogP contribution in [0.2, 0.25) is 0 Å². The highest BCUT2D eigenvalue weighted by molar-refractivity contribution is 7.92. The van der Waals surface area contributed by atoms with Gasteiger partial charge in [-0.1, -0.05) is 6.42 Å². The summed E-state index contributed by atoms with van der Waals surface area (Å²) in [5.41, 5.74) is 0.730. The monoisotopic (exact) mass is 416 g/mol. The second kappa shape index (κ2) is 7.21. The van der Waals surface area contributed by atoms with Crippen LogP contribution in [0.3, 0.4) is 0 Å². The van der Waals surface area contributed by atoms with Crippen LogP contribution in [0.15, 0.2) is 35.5 Å². The van der Waals surface area contributed by atoms with Crippen LogP contribution in [-0.4, -0.2) is 43.7 Å². The number of anilines is 1. The predicted octanol–water partition coefficient (Wildman–Crippen LogP) is 1.85. The van der Waals surface area contributed by atoms with E-state index in [9.17, 15) is 21.2 Å². The molecule has 1 unspecified atom stereocenters. The highest BCUT2D eigenvalue weighted by atomic mass is 32.2. The molecule has 1 atom stereocenters. The molecule has 0 radical (unpaired) electrons. The molecular formula is C16H21FN4O4S2. The van der Waals surface area contributed by atoms with Crippen LogP contribution in [0.4, 0.5) is 10.1 Å². The van der Waals surface area contributed by atoms with Gasteiger partial charge in [0.1, 0.15) is 10.7 Å². The topological polar surface area (TPSA) is 101 Å². The quantitative estimate of drug-likeness (QED) is 0.802. The van der Waals surface area contributed by atoms with Gasteiger partial charge in [-0.15, -0.1) is 0 Å². The zero-order valence-electron chi connectivity index (χ0n) is 15.0. The van der Waals surface area contributed by atoms with Crippen molar-refractivity contribution in [3.05, 3.63) is 42.0 Å². The van der Waals surface area contributed by atoms with Crippen LogP contribution in [0.1, 0.15) is 30.9 Å². The van der Waals surface area contributed by atoms with E-state index in [4.69, 9.17) is 0 Å². The third-order valence-corrected chi connectivity index (χ3v) is 6.93. The van der Waals surface area contributed by atoms with Gasteiger partial charge in [-0.3, -0.25) is 9.40 Å². The van der Waals surface area contributed by atoms with Crippen molar-refractivity contribution < 1.29 is 21.2 Å². The molecular weight excluding hydrogens is 395 g/mol. The second-order valence-electron chi connectivity index (χ2n) is 6.59. The summed E-state index contributed by atoms with van der Waals surface area (Å²) in [4.78, 5) is -0.475. The first-order valence-corrected chi connectivity index (χ1v) is 11.7. The van der Waals surface area contributed by atoms with Gasteiger partial charge in [0, 0.05) is 25.4 Å². The molecule has 1 aromatic heterocycles. The van der Waals surface area contributed by atoms with E-state index in [1.807, 2.05) is 0 Å². The van der Waals surface area contributed by atoms with Gasteiger partial charge in [0.2, 0.25) is 20.0 Å². The molecule has 0 saturated carbocycles. The maximum atomic E-state index is 14.6. The van der Waals surface area contributed by atoms with E-state index >= 15 is 0 Å². The lowest BCUT2D eigenvalue weighted by atomic mass is 10.0. The van der Waals surface area contributed by atoms with Crippen LogP contribution in [0, 0.1) is 5.82 Å². The number of sulfonamides is 2. The lowest BCUT2D eigenvalue weighted by molar-refractivity contribution is 0.255. The number of nitrogens with zero attached hydrogens (tertiary/aromatic N) is 3. The van der Waals surface area contributed by atoms with Crippen LogP contribution in [0.25, 0.3) is 0 Å². The molecule has 1 aliphatic heterocycles. The highest BCUT2D eigenvalue weighted by Crippen LogP contribution is 2.36. The molecule has 2 aromatic rings. The summed E-state index contributed by atoms with van der Waals surface area (Å²) in [5.74, 6) is -1.00. The van der Waals surface area contributed by atoms with Gasteiger partial charge < -0.3 is 0 Å². The third kappa shape index (κ3) is 4.30. The summed E-state index contributed by atoms with van der Waals surface area (Å²) in [6.45, 7) is 0.282. The Hall–Kier alpha value is -1.98. The number of benzene rings is 1. The molecule has 27 heavy (non-hydrogen) atoms. The zero-order valence-corrected chi connectivity index (χ0v) is 16.6. The fourth-order valence-electron chi connectivity index (χ4n) is 3.25. The lowest BCUT2D eigenvalue weighted by Gasteiger charge is -2.34. The van der Waals surface area contributed by atoms with Crippen molar-refractivity contribution in [2.24, 2.45) is 7.05 Å². The first-order valence-electron chi connectivity index (χ1n) is 8.36. The minimum atomic E-state index is -4.10. The molecule has 8 nitrogen and oxygen atoms in total. The minimum absolute atomic E-state index is 0.0311. The van der Waals surface area contributed by atoms with Gasteiger partial charge in [-0.2, -0.15) is 9.40 Å². The zero-order chi connectivity index (χ0) is 19.8. The molecule has 1 aromatic carbocycles. The standard InChI is InChI=1S/C16H21FN4O4S2/c1-20-11-12(10-18-20)15-5-3-4-8-21(15)27(24,25)16-7-6-13(9-14(16)17)19-26(2,22)23/h6-7,9-11,15,19H,3-5,8H2,1-2H3. The average Bonchev–Trinajstić information content (AvgIpc) is 2.99. The normalized spacial score (nSPS) is 19.1. The Balaban J connectivity index is 1.96. The molecule has 1 saturated heterocycles. The molecule has 3 rings (SSSR count). The van der Waals surface area contributed by atoms with Crippen LogP contribution in [0.5, 0.6) is 0 Å². The summed E-state index contributed by atoms with van der Waals surface area (Å²) < 4.78 is 68.4. The number of hydrogen-bond donors (Lipinski definition) is 1. The van der Waals surface area contributed by atoms with Gasteiger partial charge in [0.15, 0.2) is 0 Å². The number of piperidine rings is 1. The van der Waals surface area contributed by atoms with Crippen molar-refractivity contribution in [2.45, 2.75) is 30.2 Å². The Labute approximate surface area is 158 Å². The van der Waals surface area contributed by atoms with Crippen LogP contribution < -0.4 is 4.72 Å². The van der Waals surface area contributed by atoms with Crippen molar-refractivity contribution in [1.29, 1.82) is 0 Å². The Bertz CT molecular complexity index is 1050. The first kappa shape index (κ1) is 19.8. The number of halogens is 1. The highest BCUT2D eigenvalue weighted by Gasteiger charge is 2.36. The summed E-state index contributed by atoms with van der Waals surface area (Å²) in [6.07, 6.45) is 6.49. The van der Waals surface area contributed by atoms with Gasteiger partial charge in [0.25, 0.3) is 0 Å². The lowest BCUT2D eigenvalue weighted by Crippen LogP contribution is -2.38. The molecule has 0 spiro atoms. The van der Waals surface area contributed by atoms with E-state index < -0.39 is 36.8 Å². The molecule has 148 valence electrons. The fraction of sp³-hybridized carbons (Fsp3) is 0.438. The van der Waals surface area contributed by atoms with E-state index in [1.165, 1.54) is 10.4 Å². The van der Waals surface area contributed by atoms with Gasteiger partial charge in [-0.25, -0.2) is 21.2 Å².